The molecule has 0 atom stereocenters. The largest absolute Gasteiger partial charge is 0.455 e. The number of hydrogen-bond donors (Lipinski definition) is 1. The minimum absolute atomic E-state index is 0.0239. The van der Waals surface area contributed by atoms with E-state index in [0.29, 0.717) is 5.69 Å². The summed E-state index contributed by atoms with van der Waals surface area (Å²) in [5.41, 5.74) is 0.687. The van der Waals surface area contributed by atoms with E-state index in [9.17, 15) is 9.59 Å². The highest BCUT2D eigenvalue weighted by atomic mass is 79.9. The lowest BCUT2D eigenvalue weighted by atomic mass is 9.89. The van der Waals surface area contributed by atoms with Crippen molar-refractivity contribution in [1.29, 1.82) is 0 Å². The Morgan fingerprint density at radius 2 is 1.80 bits per heavy atom. The fourth-order valence-corrected chi connectivity index (χ4v) is 2.59. The van der Waals surface area contributed by atoms with E-state index in [1.165, 1.54) is 6.42 Å². The van der Waals surface area contributed by atoms with Gasteiger partial charge in [0.2, 0.25) is 0 Å². The van der Waals surface area contributed by atoms with Crippen LogP contribution < -0.4 is 5.32 Å². The van der Waals surface area contributed by atoms with Gasteiger partial charge in [-0.1, -0.05) is 35.2 Å². The van der Waals surface area contributed by atoms with Crippen molar-refractivity contribution < 1.29 is 14.3 Å². The van der Waals surface area contributed by atoms with Gasteiger partial charge in [0.05, 0.1) is 5.92 Å². The molecule has 108 valence electrons. The summed E-state index contributed by atoms with van der Waals surface area (Å²) in [6, 6.07) is 7.24. The molecule has 5 heteroatoms. The van der Waals surface area contributed by atoms with E-state index >= 15 is 0 Å². The van der Waals surface area contributed by atoms with Crippen LogP contribution in [0.25, 0.3) is 0 Å². The Morgan fingerprint density at radius 3 is 2.45 bits per heavy atom. The number of amides is 1. The van der Waals surface area contributed by atoms with Crippen molar-refractivity contribution in [2.45, 2.75) is 32.1 Å². The molecule has 0 bridgehead atoms. The van der Waals surface area contributed by atoms with Gasteiger partial charge in [-0.15, -0.1) is 0 Å². The topological polar surface area (TPSA) is 55.4 Å². The second kappa shape index (κ2) is 7.43. The van der Waals surface area contributed by atoms with Crippen LogP contribution in [0.2, 0.25) is 0 Å². The van der Waals surface area contributed by atoms with Gasteiger partial charge in [0.25, 0.3) is 5.91 Å². The van der Waals surface area contributed by atoms with E-state index in [2.05, 4.69) is 21.2 Å². The highest BCUT2D eigenvalue weighted by molar-refractivity contribution is 9.10. The summed E-state index contributed by atoms with van der Waals surface area (Å²) in [5.74, 6) is -0.573. The summed E-state index contributed by atoms with van der Waals surface area (Å²) >= 11 is 3.32. The molecule has 0 aromatic heterocycles. The molecule has 2 rings (SSSR count). The van der Waals surface area contributed by atoms with Gasteiger partial charge in [0.1, 0.15) is 0 Å². The molecule has 1 amide bonds. The van der Waals surface area contributed by atoms with Gasteiger partial charge in [-0.05, 0) is 37.1 Å². The summed E-state index contributed by atoms with van der Waals surface area (Å²) in [7, 11) is 0. The third kappa shape index (κ3) is 4.63. The Kier molecular flexibility index (Phi) is 5.59. The third-order valence-electron chi connectivity index (χ3n) is 3.41. The van der Waals surface area contributed by atoms with Crippen LogP contribution in [0.15, 0.2) is 28.7 Å². The molecule has 1 aliphatic carbocycles. The molecule has 0 heterocycles. The van der Waals surface area contributed by atoms with Crippen molar-refractivity contribution >= 4 is 33.5 Å². The summed E-state index contributed by atoms with van der Waals surface area (Å²) < 4.78 is 6.02. The van der Waals surface area contributed by atoms with Crippen LogP contribution in [-0.2, 0) is 14.3 Å². The molecule has 0 radical (unpaired) electrons. The van der Waals surface area contributed by atoms with E-state index in [0.717, 1.165) is 30.2 Å². The number of anilines is 1. The number of hydrogen-bond acceptors (Lipinski definition) is 3. The van der Waals surface area contributed by atoms with Gasteiger partial charge in [-0.25, -0.2) is 0 Å². The fraction of sp³-hybridized carbons (Fsp3) is 0.467. The van der Waals surface area contributed by atoms with Crippen molar-refractivity contribution in [3.8, 4) is 0 Å². The number of nitrogens with one attached hydrogen (secondary N) is 1. The average molecular weight is 340 g/mol. The zero-order chi connectivity index (χ0) is 14.4. The van der Waals surface area contributed by atoms with Gasteiger partial charge in [-0.3, -0.25) is 9.59 Å². The first-order chi connectivity index (χ1) is 9.65. The first-order valence-electron chi connectivity index (χ1n) is 6.87. The number of benzene rings is 1. The van der Waals surface area contributed by atoms with E-state index in [1.807, 2.05) is 12.1 Å². The Bertz CT molecular complexity index is 467. The van der Waals surface area contributed by atoms with Crippen molar-refractivity contribution in [2.75, 3.05) is 11.9 Å². The second-order valence-corrected chi connectivity index (χ2v) is 5.91. The molecular weight excluding hydrogens is 322 g/mol. The summed E-state index contributed by atoms with van der Waals surface area (Å²) in [6.45, 7) is -0.217. The molecule has 1 aliphatic rings. The van der Waals surface area contributed by atoms with E-state index in [4.69, 9.17) is 4.74 Å². The van der Waals surface area contributed by atoms with Gasteiger partial charge >= 0.3 is 5.97 Å². The normalized spacial score (nSPS) is 15.7. The van der Waals surface area contributed by atoms with Crippen LogP contribution in [0, 0.1) is 5.92 Å². The predicted molar refractivity (Wildman–Crippen MR) is 80.3 cm³/mol. The highest BCUT2D eigenvalue weighted by Crippen LogP contribution is 2.24. The molecule has 0 aliphatic heterocycles. The standard InChI is InChI=1S/C15H18BrNO3/c16-12-6-8-13(9-7-12)17-14(18)10-20-15(19)11-4-2-1-3-5-11/h6-9,11H,1-5,10H2,(H,17,18). The van der Waals surface area contributed by atoms with Crippen molar-refractivity contribution in [1.82, 2.24) is 0 Å². The Hall–Kier alpha value is -1.36. The molecule has 1 saturated carbocycles. The molecule has 0 saturated heterocycles. The van der Waals surface area contributed by atoms with Crippen molar-refractivity contribution in [3.63, 3.8) is 0 Å². The molecule has 0 unspecified atom stereocenters. The quantitative estimate of drug-likeness (QED) is 0.854. The van der Waals surface area contributed by atoms with Gasteiger partial charge in [0, 0.05) is 10.2 Å². The first-order valence-corrected chi connectivity index (χ1v) is 7.66. The number of halogens is 1. The number of carbonyl (C=O) groups is 2. The van der Waals surface area contributed by atoms with Crippen LogP contribution in [0.1, 0.15) is 32.1 Å². The Labute approximate surface area is 127 Å². The number of ether oxygens (including phenoxy) is 1. The monoisotopic (exact) mass is 339 g/mol. The summed E-state index contributed by atoms with van der Waals surface area (Å²) in [5, 5.41) is 2.69. The maximum Gasteiger partial charge on any atom is 0.309 e. The van der Waals surface area contributed by atoms with Crippen LogP contribution in [0.5, 0.6) is 0 Å². The smallest absolute Gasteiger partial charge is 0.309 e. The Morgan fingerprint density at radius 1 is 1.15 bits per heavy atom. The Balaban J connectivity index is 1.74. The molecule has 1 N–H and O–H groups in total. The van der Waals surface area contributed by atoms with E-state index in [1.54, 1.807) is 12.1 Å². The maximum atomic E-state index is 11.8. The summed E-state index contributed by atoms with van der Waals surface area (Å²) in [4.78, 5) is 23.5. The maximum absolute atomic E-state index is 11.8. The van der Waals surface area contributed by atoms with Crippen LogP contribution >= 0.6 is 15.9 Å². The lowest BCUT2D eigenvalue weighted by Gasteiger charge is -2.19. The average Bonchev–Trinajstić information content (AvgIpc) is 2.48. The zero-order valence-electron chi connectivity index (χ0n) is 11.2. The fourth-order valence-electron chi connectivity index (χ4n) is 2.32. The minimum Gasteiger partial charge on any atom is -0.455 e. The number of esters is 1. The van der Waals surface area contributed by atoms with Crippen LogP contribution in [0.4, 0.5) is 5.69 Å². The van der Waals surface area contributed by atoms with E-state index in [-0.39, 0.29) is 24.4 Å². The molecule has 0 spiro atoms. The zero-order valence-corrected chi connectivity index (χ0v) is 12.8. The molecule has 1 aromatic carbocycles. The van der Waals surface area contributed by atoms with Gasteiger partial charge < -0.3 is 10.1 Å². The first kappa shape index (κ1) is 15.0. The van der Waals surface area contributed by atoms with E-state index < -0.39 is 0 Å². The van der Waals surface area contributed by atoms with Gasteiger partial charge in [-0.2, -0.15) is 0 Å². The number of carbonyl (C=O) groups excluding carboxylic acids is 2. The number of rotatable bonds is 4. The molecule has 1 aromatic rings. The summed E-state index contributed by atoms with van der Waals surface area (Å²) in [6.07, 6.45) is 5.10. The van der Waals surface area contributed by atoms with Crippen molar-refractivity contribution in [3.05, 3.63) is 28.7 Å². The SMILES string of the molecule is O=C(COC(=O)C1CCCCC1)Nc1ccc(Br)cc1. The lowest BCUT2D eigenvalue weighted by Crippen LogP contribution is -2.25. The minimum atomic E-state index is -0.309. The molecule has 20 heavy (non-hydrogen) atoms. The van der Waals surface area contributed by atoms with Crippen LogP contribution in [-0.4, -0.2) is 18.5 Å². The lowest BCUT2D eigenvalue weighted by molar-refractivity contribution is -0.152. The predicted octanol–water partition coefficient (Wildman–Crippen LogP) is 3.51. The highest BCUT2D eigenvalue weighted by Gasteiger charge is 2.22. The second-order valence-electron chi connectivity index (χ2n) is 5.00. The van der Waals surface area contributed by atoms with Gasteiger partial charge in [0.15, 0.2) is 6.61 Å². The van der Waals surface area contributed by atoms with Crippen LogP contribution in [0.3, 0.4) is 0 Å². The molecule has 4 nitrogen and oxygen atoms in total. The van der Waals surface area contributed by atoms with Crippen molar-refractivity contribution in [2.24, 2.45) is 5.92 Å². The molecular formula is C15H18BrNO3. The third-order valence-corrected chi connectivity index (χ3v) is 3.94. The molecule has 1 fully saturated rings.